The number of amides is 2. The van der Waals surface area contributed by atoms with Crippen molar-refractivity contribution < 1.29 is 31.2 Å². The van der Waals surface area contributed by atoms with Crippen LogP contribution in [0.1, 0.15) is 41.6 Å². The molecular weight excluding hydrogens is 459 g/mol. The van der Waals surface area contributed by atoms with Crippen molar-refractivity contribution in [3.63, 3.8) is 0 Å². The molecule has 7 nitrogen and oxygen atoms in total. The first-order valence-electron chi connectivity index (χ1n) is 10.4. The predicted molar refractivity (Wildman–Crippen MR) is 116 cm³/mol. The van der Waals surface area contributed by atoms with E-state index in [4.69, 9.17) is 0 Å². The summed E-state index contributed by atoms with van der Waals surface area (Å²) in [5, 5.41) is 2.67. The number of hydrogen-bond donors (Lipinski definition) is 2. The topological polar surface area (TPSA) is 95.6 Å². The van der Waals surface area contributed by atoms with Gasteiger partial charge < -0.3 is 10.2 Å². The van der Waals surface area contributed by atoms with Gasteiger partial charge in [0.05, 0.1) is 21.7 Å². The lowest BCUT2D eigenvalue weighted by molar-refractivity contribution is -0.137. The van der Waals surface area contributed by atoms with E-state index >= 15 is 0 Å². The maximum atomic E-state index is 13.0. The van der Waals surface area contributed by atoms with Gasteiger partial charge in [0, 0.05) is 26.1 Å². The molecule has 0 bridgehead atoms. The van der Waals surface area contributed by atoms with E-state index < -0.39 is 32.6 Å². The Morgan fingerprint density at radius 1 is 1.03 bits per heavy atom. The van der Waals surface area contributed by atoms with Crippen LogP contribution in [0.5, 0.6) is 0 Å². The number of sulfonamides is 1. The fourth-order valence-corrected chi connectivity index (χ4v) is 4.61. The van der Waals surface area contributed by atoms with E-state index in [1.54, 1.807) is 4.90 Å². The van der Waals surface area contributed by atoms with Crippen LogP contribution in [0.15, 0.2) is 53.4 Å². The lowest BCUT2D eigenvalue weighted by Crippen LogP contribution is -2.38. The summed E-state index contributed by atoms with van der Waals surface area (Å²) in [6.07, 6.45) is -1.49. The minimum Gasteiger partial charge on any atom is -0.350 e. The summed E-state index contributed by atoms with van der Waals surface area (Å²) in [5.74, 6) is -0.532. The number of likely N-dealkylation sites (tertiary alicyclic amines) is 1. The summed E-state index contributed by atoms with van der Waals surface area (Å²) in [6.45, 7) is 1.14. The molecule has 0 aromatic heterocycles. The van der Waals surface area contributed by atoms with E-state index in [-0.39, 0.29) is 23.7 Å². The fourth-order valence-electron chi connectivity index (χ4n) is 3.49. The number of nitrogens with one attached hydrogen (secondary N) is 2. The van der Waals surface area contributed by atoms with E-state index in [9.17, 15) is 31.2 Å². The molecule has 1 fully saturated rings. The van der Waals surface area contributed by atoms with E-state index in [2.05, 4.69) is 10.0 Å². The second-order valence-electron chi connectivity index (χ2n) is 7.62. The third-order valence-electron chi connectivity index (χ3n) is 5.23. The van der Waals surface area contributed by atoms with Crippen LogP contribution in [0.2, 0.25) is 0 Å². The highest BCUT2D eigenvalue weighted by Gasteiger charge is 2.32. The summed E-state index contributed by atoms with van der Waals surface area (Å²) < 4.78 is 66.5. The molecule has 178 valence electrons. The van der Waals surface area contributed by atoms with Gasteiger partial charge in [-0.25, -0.2) is 8.42 Å². The number of alkyl halides is 3. The normalized spacial score (nSPS) is 15.1. The minimum absolute atomic E-state index is 0.00949. The molecule has 1 aliphatic heterocycles. The Balaban J connectivity index is 1.71. The second kappa shape index (κ2) is 10.2. The molecule has 0 aliphatic carbocycles. The van der Waals surface area contributed by atoms with Crippen molar-refractivity contribution in [3.05, 3.63) is 59.7 Å². The standard InChI is InChI=1S/C22H24F3N3O4S/c23-22(24,25)16-7-6-8-17(15-16)33(31,32)27-19-10-4-3-9-18(19)21(30)26-12-14-28-13-5-1-2-11-20(28)29/h3-4,6-10,15,27H,1-2,5,11-14H2,(H,26,30). The van der Waals surface area contributed by atoms with E-state index in [1.807, 2.05) is 0 Å². The van der Waals surface area contributed by atoms with Crippen molar-refractivity contribution in [3.8, 4) is 0 Å². The number of rotatable bonds is 7. The van der Waals surface area contributed by atoms with Gasteiger partial charge in [0.1, 0.15) is 0 Å². The Bertz CT molecular complexity index is 1120. The molecule has 0 spiro atoms. The number of halogens is 3. The number of carbonyl (C=O) groups is 2. The molecule has 1 aliphatic rings. The lowest BCUT2D eigenvalue weighted by Gasteiger charge is -2.20. The van der Waals surface area contributed by atoms with Crippen LogP contribution < -0.4 is 10.0 Å². The zero-order valence-electron chi connectivity index (χ0n) is 17.7. The molecule has 2 amide bonds. The molecule has 1 saturated heterocycles. The highest BCUT2D eigenvalue weighted by Crippen LogP contribution is 2.31. The van der Waals surface area contributed by atoms with E-state index in [0.717, 1.165) is 37.5 Å². The van der Waals surface area contributed by atoms with Gasteiger partial charge in [-0.05, 0) is 43.2 Å². The predicted octanol–water partition coefficient (Wildman–Crippen LogP) is 3.64. The SMILES string of the molecule is O=C(NCCN1CCCCCC1=O)c1ccccc1NS(=O)(=O)c1cccc(C(F)(F)F)c1. The third kappa shape index (κ3) is 6.47. The lowest BCUT2D eigenvalue weighted by atomic mass is 10.1. The van der Waals surface area contributed by atoms with Crippen molar-refractivity contribution >= 4 is 27.5 Å². The van der Waals surface area contributed by atoms with Crippen LogP contribution in [-0.2, 0) is 21.0 Å². The molecule has 0 atom stereocenters. The smallest absolute Gasteiger partial charge is 0.350 e. The maximum absolute atomic E-state index is 13.0. The van der Waals surface area contributed by atoms with Crippen molar-refractivity contribution in [2.75, 3.05) is 24.4 Å². The molecule has 2 N–H and O–H groups in total. The number of carbonyl (C=O) groups excluding carboxylic acids is 2. The quantitative estimate of drug-likeness (QED) is 0.629. The van der Waals surface area contributed by atoms with Gasteiger partial charge in [0.25, 0.3) is 15.9 Å². The first-order chi connectivity index (χ1) is 15.6. The van der Waals surface area contributed by atoms with Crippen molar-refractivity contribution in [1.82, 2.24) is 10.2 Å². The largest absolute Gasteiger partial charge is 0.416 e. The first kappa shape index (κ1) is 24.6. The Morgan fingerprint density at radius 2 is 1.79 bits per heavy atom. The van der Waals surface area contributed by atoms with Crippen molar-refractivity contribution in [2.45, 2.75) is 36.8 Å². The average Bonchev–Trinajstić information content (AvgIpc) is 2.97. The summed E-state index contributed by atoms with van der Waals surface area (Å²) in [5.41, 5.74) is -1.16. The number of anilines is 1. The molecule has 2 aromatic rings. The summed E-state index contributed by atoms with van der Waals surface area (Å²) >= 11 is 0. The van der Waals surface area contributed by atoms with E-state index in [0.29, 0.717) is 25.6 Å². The van der Waals surface area contributed by atoms with Crippen molar-refractivity contribution in [2.24, 2.45) is 0 Å². The molecule has 0 unspecified atom stereocenters. The Labute approximate surface area is 190 Å². The molecule has 33 heavy (non-hydrogen) atoms. The third-order valence-corrected chi connectivity index (χ3v) is 6.59. The van der Waals surface area contributed by atoms with Gasteiger partial charge in [-0.1, -0.05) is 24.6 Å². The zero-order valence-corrected chi connectivity index (χ0v) is 18.5. The van der Waals surface area contributed by atoms with Gasteiger partial charge in [0.2, 0.25) is 5.91 Å². The molecule has 0 radical (unpaired) electrons. The molecule has 2 aromatic carbocycles. The first-order valence-corrected chi connectivity index (χ1v) is 11.9. The monoisotopic (exact) mass is 483 g/mol. The van der Waals surface area contributed by atoms with Crippen LogP contribution >= 0.6 is 0 Å². The number of hydrogen-bond acceptors (Lipinski definition) is 4. The Morgan fingerprint density at radius 3 is 2.55 bits per heavy atom. The van der Waals surface area contributed by atoms with Crippen LogP contribution in [-0.4, -0.2) is 44.8 Å². The number of benzene rings is 2. The van der Waals surface area contributed by atoms with Crippen molar-refractivity contribution in [1.29, 1.82) is 0 Å². The number of nitrogens with zero attached hydrogens (tertiary/aromatic N) is 1. The Kier molecular flexibility index (Phi) is 7.62. The van der Waals surface area contributed by atoms with Gasteiger partial charge in [-0.2, -0.15) is 13.2 Å². The van der Waals surface area contributed by atoms with Gasteiger partial charge in [-0.3, -0.25) is 14.3 Å². The summed E-state index contributed by atoms with van der Waals surface area (Å²) in [7, 11) is -4.38. The zero-order chi connectivity index (χ0) is 24.1. The second-order valence-corrected chi connectivity index (χ2v) is 9.31. The fraction of sp³-hybridized carbons (Fsp3) is 0.364. The highest BCUT2D eigenvalue weighted by atomic mass is 32.2. The average molecular weight is 484 g/mol. The number of para-hydroxylation sites is 1. The van der Waals surface area contributed by atoms with Crippen LogP contribution in [0, 0.1) is 0 Å². The maximum Gasteiger partial charge on any atom is 0.416 e. The van der Waals surface area contributed by atoms with Gasteiger partial charge in [-0.15, -0.1) is 0 Å². The summed E-state index contributed by atoms with van der Waals surface area (Å²) in [6, 6.07) is 9.12. The van der Waals surface area contributed by atoms with Crippen LogP contribution in [0.25, 0.3) is 0 Å². The van der Waals surface area contributed by atoms with Crippen LogP contribution in [0.4, 0.5) is 18.9 Å². The molecule has 1 heterocycles. The van der Waals surface area contributed by atoms with Gasteiger partial charge in [0.15, 0.2) is 0 Å². The van der Waals surface area contributed by atoms with E-state index in [1.165, 1.54) is 24.3 Å². The molecular formula is C22H24F3N3O4S. The molecule has 0 saturated carbocycles. The molecule has 3 rings (SSSR count). The molecule has 11 heteroatoms. The Hall–Kier alpha value is -3.08. The minimum atomic E-state index is -4.70. The highest BCUT2D eigenvalue weighted by molar-refractivity contribution is 7.92. The van der Waals surface area contributed by atoms with Gasteiger partial charge >= 0.3 is 6.18 Å². The van der Waals surface area contributed by atoms with Crippen LogP contribution in [0.3, 0.4) is 0 Å². The summed E-state index contributed by atoms with van der Waals surface area (Å²) in [4.78, 5) is 25.8.